The molecule has 0 atom stereocenters. The molecule has 0 saturated heterocycles. The molecule has 0 aliphatic heterocycles. The third-order valence-electron chi connectivity index (χ3n) is 2.32. The molecule has 0 amide bonds. The van der Waals surface area contributed by atoms with E-state index < -0.39 is 5.24 Å². The van der Waals surface area contributed by atoms with E-state index in [0.717, 1.165) is 5.56 Å². The van der Waals surface area contributed by atoms with E-state index in [1.807, 2.05) is 30.3 Å². The predicted octanol–water partition coefficient (Wildman–Crippen LogP) is 3.07. The first kappa shape index (κ1) is 11.6. The number of nitrogens with zero attached hydrogens (tertiary/aromatic N) is 1. The molecule has 1 aromatic heterocycles. The first-order valence-electron chi connectivity index (χ1n) is 5.20. The van der Waals surface area contributed by atoms with E-state index in [0.29, 0.717) is 17.9 Å². The molecule has 2 rings (SSSR count). The first-order chi connectivity index (χ1) is 8.27. The Morgan fingerprint density at radius 1 is 1.18 bits per heavy atom. The van der Waals surface area contributed by atoms with Gasteiger partial charge in [-0.2, -0.15) is 0 Å². The van der Waals surface area contributed by atoms with Crippen molar-refractivity contribution >= 4 is 22.7 Å². The van der Waals surface area contributed by atoms with Crippen molar-refractivity contribution in [3.63, 3.8) is 0 Å². The Balaban J connectivity index is 2.12. The van der Waals surface area contributed by atoms with Crippen LogP contribution in [0, 0.1) is 0 Å². The Bertz CT molecular complexity index is 514. The van der Waals surface area contributed by atoms with Gasteiger partial charge in [0.1, 0.15) is 5.82 Å². The molecule has 1 aromatic carbocycles. The fraction of sp³-hybridized carbons (Fsp3) is 0.0769. The van der Waals surface area contributed by atoms with Crippen LogP contribution in [0.3, 0.4) is 0 Å². The predicted molar refractivity (Wildman–Crippen MR) is 68.2 cm³/mol. The van der Waals surface area contributed by atoms with Gasteiger partial charge in [-0.15, -0.1) is 0 Å². The van der Waals surface area contributed by atoms with Crippen LogP contribution in [0.2, 0.25) is 0 Å². The summed E-state index contributed by atoms with van der Waals surface area (Å²) < 4.78 is 0. The number of pyridine rings is 1. The third kappa shape index (κ3) is 3.04. The lowest BCUT2D eigenvalue weighted by Gasteiger charge is -2.08. The zero-order valence-corrected chi connectivity index (χ0v) is 9.82. The number of aromatic nitrogens is 1. The minimum atomic E-state index is -0.506. The van der Waals surface area contributed by atoms with Crippen molar-refractivity contribution in [1.82, 2.24) is 4.98 Å². The average molecular weight is 247 g/mol. The Morgan fingerprint density at radius 3 is 2.65 bits per heavy atom. The van der Waals surface area contributed by atoms with Crippen LogP contribution in [-0.4, -0.2) is 10.2 Å². The zero-order chi connectivity index (χ0) is 12.1. The summed E-state index contributed by atoms with van der Waals surface area (Å²) in [6.07, 6.45) is 1.62. The molecule has 0 aliphatic carbocycles. The number of benzene rings is 1. The summed E-state index contributed by atoms with van der Waals surface area (Å²) in [4.78, 5) is 15.3. The number of carbonyl (C=O) groups excluding carboxylic acids is 1. The van der Waals surface area contributed by atoms with Crippen LogP contribution < -0.4 is 5.32 Å². The lowest BCUT2D eigenvalue weighted by molar-refractivity contribution is 0.108. The number of halogens is 1. The maximum absolute atomic E-state index is 11.2. The number of nitrogens with one attached hydrogen (secondary N) is 1. The highest BCUT2D eigenvalue weighted by Gasteiger charge is 2.08. The molecule has 2 aromatic rings. The fourth-order valence-electron chi connectivity index (χ4n) is 1.49. The summed E-state index contributed by atoms with van der Waals surface area (Å²) >= 11 is 5.47. The largest absolute Gasteiger partial charge is 0.365 e. The maximum atomic E-state index is 11.2. The molecule has 86 valence electrons. The van der Waals surface area contributed by atoms with Gasteiger partial charge in [0, 0.05) is 12.7 Å². The molecule has 0 spiro atoms. The first-order valence-corrected chi connectivity index (χ1v) is 5.58. The number of carbonyl (C=O) groups is 1. The smallest absolute Gasteiger partial charge is 0.256 e. The molecule has 3 nitrogen and oxygen atoms in total. The number of hydrogen-bond donors (Lipinski definition) is 1. The van der Waals surface area contributed by atoms with Gasteiger partial charge in [0.15, 0.2) is 0 Å². The Kier molecular flexibility index (Phi) is 3.73. The van der Waals surface area contributed by atoms with Gasteiger partial charge in [-0.1, -0.05) is 30.3 Å². The minimum absolute atomic E-state index is 0.394. The summed E-state index contributed by atoms with van der Waals surface area (Å²) in [6, 6.07) is 13.2. The third-order valence-corrected chi connectivity index (χ3v) is 2.53. The molecule has 17 heavy (non-hydrogen) atoms. The minimum Gasteiger partial charge on any atom is -0.365 e. The molecule has 0 unspecified atom stereocenters. The van der Waals surface area contributed by atoms with Crippen LogP contribution in [0.1, 0.15) is 15.9 Å². The van der Waals surface area contributed by atoms with E-state index in [4.69, 9.17) is 11.6 Å². The number of rotatable bonds is 4. The lowest BCUT2D eigenvalue weighted by Crippen LogP contribution is -2.05. The van der Waals surface area contributed by atoms with Crippen LogP contribution in [0.4, 0.5) is 5.82 Å². The zero-order valence-electron chi connectivity index (χ0n) is 9.06. The standard InChI is InChI=1S/C13H11ClN2O/c14-12(17)11-7-4-8-15-13(11)16-9-10-5-2-1-3-6-10/h1-8H,9H2,(H,15,16). The SMILES string of the molecule is O=C(Cl)c1cccnc1NCc1ccccc1. The van der Waals surface area contributed by atoms with E-state index in [2.05, 4.69) is 10.3 Å². The molecule has 4 heteroatoms. The Morgan fingerprint density at radius 2 is 1.94 bits per heavy atom. The van der Waals surface area contributed by atoms with Crippen molar-refractivity contribution in [1.29, 1.82) is 0 Å². The second-order valence-electron chi connectivity index (χ2n) is 3.51. The highest BCUT2D eigenvalue weighted by molar-refractivity contribution is 6.68. The molecule has 0 bridgehead atoms. The van der Waals surface area contributed by atoms with Gasteiger partial charge in [0.2, 0.25) is 0 Å². The van der Waals surface area contributed by atoms with E-state index in [-0.39, 0.29) is 0 Å². The van der Waals surface area contributed by atoms with Crippen LogP contribution in [0.5, 0.6) is 0 Å². The Hall–Kier alpha value is -1.87. The van der Waals surface area contributed by atoms with Gasteiger partial charge in [-0.05, 0) is 29.3 Å². The summed E-state index contributed by atoms with van der Waals surface area (Å²) in [5, 5.41) is 2.59. The number of anilines is 1. The molecule has 1 heterocycles. The van der Waals surface area contributed by atoms with E-state index >= 15 is 0 Å². The second kappa shape index (κ2) is 5.46. The van der Waals surface area contributed by atoms with Crippen LogP contribution in [-0.2, 0) is 6.54 Å². The van der Waals surface area contributed by atoms with Crippen molar-refractivity contribution in [2.45, 2.75) is 6.54 Å². The molecular weight excluding hydrogens is 236 g/mol. The normalized spacial score (nSPS) is 9.94. The van der Waals surface area contributed by atoms with Gasteiger partial charge in [0.25, 0.3) is 5.24 Å². The highest BCUT2D eigenvalue weighted by Crippen LogP contribution is 2.15. The molecule has 0 fully saturated rings. The number of hydrogen-bond acceptors (Lipinski definition) is 3. The van der Waals surface area contributed by atoms with Gasteiger partial charge in [-0.25, -0.2) is 4.98 Å². The quantitative estimate of drug-likeness (QED) is 0.843. The monoisotopic (exact) mass is 246 g/mol. The van der Waals surface area contributed by atoms with Crippen LogP contribution >= 0.6 is 11.6 Å². The topological polar surface area (TPSA) is 42.0 Å². The Labute approximate surface area is 104 Å². The van der Waals surface area contributed by atoms with Gasteiger partial charge >= 0.3 is 0 Å². The molecule has 0 radical (unpaired) electrons. The van der Waals surface area contributed by atoms with Crippen molar-refractivity contribution in [2.75, 3.05) is 5.32 Å². The second-order valence-corrected chi connectivity index (χ2v) is 3.86. The van der Waals surface area contributed by atoms with Crippen molar-refractivity contribution in [3.8, 4) is 0 Å². The van der Waals surface area contributed by atoms with E-state index in [9.17, 15) is 4.79 Å². The lowest BCUT2D eigenvalue weighted by atomic mass is 10.2. The molecule has 1 N–H and O–H groups in total. The summed E-state index contributed by atoms with van der Waals surface area (Å²) in [5.41, 5.74) is 1.51. The van der Waals surface area contributed by atoms with Gasteiger partial charge < -0.3 is 5.32 Å². The highest BCUT2D eigenvalue weighted by atomic mass is 35.5. The summed E-state index contributed by atoms with van der Waals surface area (Å²) in [7, 11) is 0. The van der Waals surface area contributed by atoms with Crippen molar-refractivity contribution < 1.29 is 4.79 Å². The van der Waals surface area contributed by atoms with E-state index in [1.54, 1.807) is 18.3 Å². The fourth-order valence-corrected chi connectivity index (χ4v) is 1.64. The van der Waals surface area contributed by atoms with Crippen LogP contribution in [0.25, 0.3) is 0 Å². The average Bonchev–Trinajstić information content (AvgIpc) is 2.38. The van der Waals surface area contributed by atoms with Crippen molar-refractivity contribution in [2.24, 2.45) is 0 Å². The maximum Gasteiger partial charge on any atom is 0.256 e. The molecule has 0 saturated carbocycles. The van der Waals surface area contributed by atoms with E-state index in [1.165, 1.54) is 0 Å². The molecule has 0 aliphatic rings. The summed E-state index contributed by atoms with van der Waals surface area (Å²) in [5.74, 6) is 0.511. The van der Waals surface area contributed by atoms with Gasteiger partial charge in [0.05, 0.1) is 5.56 Å². The van der Waals surface area contributed by atoms with Crippen LogP contribution in [0.15, 0.2) is 48.7 Å². The van der Waals surface area contributed by atoms with Crippen molar-refractivity contribution in [3.05, 3.63) is 59.8 Å². The summed E-state index contributed by atoms with van der Waals surface area (Å²) in [6.45, 7) is 0.606. The molecular formula is C13H11ClN2O. The van der Waals surface area contributed by atoms with Gasteiger partial charge in [-0.3, -0.25) is 4.79 Å².